The normalized spacial score (nSPS) is 21.6. The van der Waals surface area contributed by atoms with Crippen molar-refractivity contribution in [3.8, 4) is 0 Å². The number of hydrogen-bond donors (Lipinski definition) is 1. The van der Waals surface area contributed by atoms with Crippen LogP contribution in [0.5, 0.6) is 0 Å². The third-order valence-electron chi connectivity index (χ3n) is 3.91. The topological polar surface area (TPSA) is 77.6 Å². The van der Waals surface area contributed by atoms with Gasteiger partial charge in [0.05, 0.1) is 36.2 Å². The molecule has 1 aliphatic carbocycles. The Morgan fingerprint density at radius 2 is 2.12 bits per heavy atom. The summed E-state index contributed by atoms with van der Waals surface area (Å²) in [7, 11) is 1.31. The third-order valence-corrected chi connectivity index (χ3v) is 3.91. The number of aliphatic imine (C=N–C) groups is 1. The Morgan fingerprint density at radius 3 is 2.67 bits per heavy atom. The molecule has 0 spiro atoms. The fourth-order valence-electron chi connectivity index (χ4n) is 2.35. The summed E-state index contributed by atoms with van der Waals surface area (Å²) in [6.45, 7) is 1.43. The highest BCUT2D eigenvalue weighted by Gasteiger charge is 2.34. The highest BCUT2D eigenvalue weighted by molar-refractivity contribution is 6.10. The number of pyridine rings is 1. The number of rotatable bonds is 5. The number of alkyl halides is 2. The van der Waals surface area contributed by atoms with E-state index in [-0.39, 0.29) is 34.9 Å². The summed E-state index contributed by atoms with van der Waals surface area (Å²) in [6, 6.07) is 2.24. The fourth-order valence-corrected chi connectivity index (χ4v) is 2.35. The number of ether oxygens (including phenoxy) is 1. The SMILES string of the molecule is COC(=O)C1CC(N=C/C(=C(\N)C(F)F)c2ccc(F)c(C)n2)C1. The van der Waals surface area contributed by atoms with Gasteiger partial charge in [-0.05, 0) is 31.9 Å². The van der Waals surface area contributed by atoms with Gasteiger partial charge in [-0.25, -0.2) is 18.2 Å². The number of hydrogen-bond acceptors (Lipinski definition) is 5. The minimum absolute atomic E-state index is 0.0466. The molecule has 1 heterocycles. The first-order chi connectivity index (χ1) is 11.3. The molecule has 0 saturated heterocycles. The summed E-state index contributed by atoms with van der Waals surface area (Å²) in [5.41, 5.74) is 4.93. The molecule has 5 nitrogen and oxygen atoms in total. The van der Waals surface area contributed by atoms with E-state index in [0.29, 0.717) is 12.8 Å². The van der Waals surface area contributed by atoms with Crippen molar-refractivity contribution in [3.63, 3.8) is 0 Å². The second kappa shape index (κ2) is 7.46. The van der Waals surface area contributed by atoms with E-state index in [9.17, 15) is 18.0 Å². The Labute approximate surface area is 137 Å². The predicted molar refractivity (Wildman–Crippen MR) is 83.1 cm³/mol. The van der Waals surface area contributed by atoms with Crippen LogP contribution in [0, 0.1) is 18.7 Å². The minimum Gasteiger partial charge on any atom is -0.469 e. The van der Waals surface area contributed by atoms with Crippen LogP contribution in [0.4, 0.5) is 13.2 Å². The average molecular weight is 341 g/mol. The van der Waals surface area contributed by atoms with Crippen LogP contribution in [-0.4, -0.2) is 36.7 Å². The summed E-state index contributed by atoms with van der Waals surface area (Å²) >= 11 is 0. The van der Waals surface area contributed by atoms with Crippen molar-refractivity contribution >= 4 is 17.8 Å². The Balaban J connectivity index is 2.20. The number of methoxy groups -OCH3 is 1. The largest absolute Gasteiger partial charge is 0.469 e. The minimum atomic E-state index is -2.89. The van der Waals surface area contributed by atoms with Gasteiger partial charge in [0.1, 0.15) is 5.82 Å². The van der Waals surface area contributed by atoms with Gasteiger partial charge < -0.3 is 10.5 Å². The Hall–Kier alpha value is -2.38. The molecule has 0 aromatic carbocycles. The molecule has 1 aliphatic rings. The van der Waals surface area contributed by atoms with E-state index in [1.807, 2.05) is 0 Å². The molecule has 8 heteroatoms. The van der Waals surface area contributed by atoms with Gasteiger partial charge in [0, 0.05) is 11.8 Å². The van der Waals surface area contributed by atoms with Crippen LogP contribution >= 0.6 is 0 Å². The highest BCUT2D eigenvalue weighted by Crippen LogP contribution is 2.31. The summed E-state index contributed by atoms with van der Waals surface area (Å²) in [4.78, 5) is 19.5. The molecule has 1 saturated carbocycles. The van der Waals surface area contributed by atoms with Gasteiger partial charge in [-0.2, -0.15) is 0 Å². The van der Waals surface area contributed by atoms with Crippen molar-refractivity contribution in [2.24, 2.45) is 16.6 Å². The second-order valence-electron chi connectivity index (χ2n) is 5.56. The van der Waals surface area contributed by atoms with Crippen LogP contribution in [-0.2, 0) is 9.53 Å². The average Bonchev–Trinajstić information content (AvgIpc) is 2.51. The lowest BCUT2D eigenvalue weighted by Gasteiger charge is -2.30. The highest BCUT2D eigenvalue weighted by atomic mass is 19.3. The van der Waals surface area contributed by atoms with Gasteiger partial charge in [0.15, 0.2) is 0 Å². The van der Waals surface area contributed by atoms with Crippen LogP contribution < -0.4 is 5.73 Å². The second-order valence-corrected chi connectivity index (χ2v) is 5.56. The van der Waals surface area contributed by atoms with Crippen LogP contribution in [0.2, 0.25) is 0 Å². The maximum absolute atomic E-state index is 13.3. The molecular formula is C16H18F3N3O2. The number of allylic oxidation sites excluding steroid dienone is 2. The molecule has 0 atom stereocenters. The number of aryl methyl sites for hydroxylation is 1. The quantitative estimate of drug-likeness (QED) is 0.659. The van der Waals surface area contributed by atoms with Gasteiger partial charge >= 0.3 is 5.97 Å². The molecule has 130 valence electrons. The van der Waals surface area contributed by atoms with Crippen molar-refractivity contribution in [3.05, 3.63) is 35.0 Å². The zero-order valence-corrected chi connectivity index (χ0v) is 13.3. The summed E-state index contributed by atoms with van der Waals surface area (Å²) < 4.78 is 43.9. The zero-order valence-electron chi connectivity index (χ0n) is 13.3. The summed E-state index contributed by atoms with van der Waals surface area (Å²) in [6.07, 6.45) is -0.691. The molecule has 0 unspecified atom stereocenters. The lowest BCUT2D eigenvalue weighted by atomic mass is 9.81. The van der Waals surface area contributed by atoms with E-state index in [4.69, 9.17) is 5.73 Å². The smallest absolute Gasteiger partial charge is 0.308 e. The van der Waals surface area contributed by atoms with Crippen LogP contribution in [0.3, 0.4) is 0 Å². The van der Waals surface area contributed by atoms with Crippen molar-refractivity contribution < 1.29 is 22.7 Å². The monoisotopic (exact) mass is 341 g/mol. The lowest BCUT2D eigenvalue weighted by Crippen LogP contribution is -2.34. The van der Waals surface area contributed by atoms with Crippen molar-refractivity contribution in [2.45, 2.75) is 32.2 Å². The molecule has 0 amide bonds. The van der Waals surface area contributed by atoms with E-state index in [0.717, 1.165) is 6.07 Å². The van der Waals surface area contributed by atoms with Crippen molar-refractivity contribution in [1.29, 1.82) is 0 Å². The first kappa shape index (κ1) is 18.0. The van der Waals surface area contributed by atoms with Crippen LogP contribution in [0.1, 0.15) is 24.2 Å². The van der Waals surface area contributed by atoms with Gasteiger partial charge in [0.2, 0.25) is 0 Å². The molecule has 2 rings (SSSR count). The first-order valence-corrected chi connectivity index (χ1v) is 7.35. The maximum Gasteiger partial charge on any atom is 0.308 e. The molecule has 0 bridgehead atoms. The molecule has 1 aromatic heterocycles. The van der Waals surface area contributed by atoms with Crippen LogP contribution in [0.25, 0.3) is 5.57 Å². The van der Waals surface area contributed by atoms with Crippen LogP contribution in [0.15, 0.2) is 22.8 Å². The lowest BCUT2D eigenvalue weighted by molar-refractivity contribution is -0.148. The third kappa shape index (κ3) is 3.93. The van der Waals surface area contributed by atoms with E-state index in [1.165, 1.54) is 26.3 Å². The molecular weight excluding hydrogens is 323 g/mol. The fraction of sp³-hybridized carbons (Fsp3) is 0.438. The molecule has 24 heavy (non-hydrogen) atoms. The number of nitrogens with two attached hydrogens (primary N) is 1. The summed E-state index contributed by atoms with van der Waals surface area (Å²) in [5, 5.41) is 0. The predicted octanol–water partition coefficient (Wildman–Crippen LogP) is 2.49. The molecule has 2 N–H and O–H groups in total. The first-order valence-electron chi connectivity index (χ1n) is 7.35. The number of esters is 1. The van der Waals surface area contributed by atoms with E-state index in [2.05, 4.69) is 14.7 Å². The van der Waals surface area contributed by atoms with E-state index in [1.54, 1.807) is 0 Å². The van der Waals surface area contributed by atoms with Gasteiger partial charge in [-0.15, -0.1) is 0 Å². The zero-order chi connectivity index (χ0) is 17.9. The molecule has 0 aliphatic heterocycles. The number of carbonyl (C=O) groups excluding carboxylic acids is 1. The molecule has 1 aromatic rings. The number of aromatic nitrogens is 1. The number of carbonyl (C=O) groups is 1. The Morgan fingerprint density at radius 1 is 1.46 bits per heavy atom. The van der Waals surface area contributed by atoms with Crippen molar-refractivity contribution in [2.75, 3.05) is 7.11 Å². The van der Waals surface area contributed by atoms with E-state index < -0.39 is 17.9 Å². The Kier molecular flexibility index (Phi) is 5.58. The number of halogens is 3. The standard InChI is InChI=1S/C16H18F3N3O2/c1-8-12(17)3-4-13(22-8)11(14(20)15(18)19)7-21-10-5-9(6-10)16(23)24-2/h3-4,7,9-10,15H,5-6,20H2,1-2H3/b14-11+,21-7?. The van der Waals surface area contributed by atoms with Crippen molar-refractivity contribution in [1.82, 2.24) is 4.98 Å². The van der Waals surface area contributed by atoms with E-state index >= 15 is 0 Å². The number of nitrogens with zero attached hydrogens (tertiary/aromatic N) is 2. The molecule has 1 fully saturated rings. The molecule has 0 radical (unpaired) electrons. The van der Waals surface area contributed by atoms with Gasteiger partial charge in [0.25, 0.3) is 6.43 Å². The van der Waals surface area contributed by atoms with Gasteiger partial charge in [-0.1, -0.05) is 0 Å². The summed E-state index contributed by atoms with van der Waals surface area (Å²) in [5.74, 6) is -1.06. The Bertz CT molecular complexity index is 683. The van der Waals surface area contributed by atoms with Gasteiger partial charge in [-0.3, -0.25) is 9.79 Å². The maximum atomic E-state index is 13.3.